The van der Waals surface area contributed by atoms with Crippen molar-refractivity contribution in [2.75, 3.05) is 38.1 Å². The molecule has 10 heteroatoms. The first-order valence-corrected chi connectivity index (χ1v) is 12.1. The number of likely N-dealkylation sites (tertiary alicyclic amines) is 1. The minimum absolute atomic E-state index is 0.228. The predicted octanol–water partition coefficient (Wildman–Crippen LogP) is 4.10. The summed E-state index contributed by atoms with van der Waals surface area (Å²) in [4.78, 5) is 27.9. The molecule has 190 valence electrons. The molecule has 2 fully saturated rings. The maximum atomic E-state index is 13.5. The van der Waals surface area contributed by atoms with Crippen molar-refractivity contribution < 1.29 is 27.9 Å². The van der Waals surface area contributed by atoms with Crippen molar-refractivity contribution in [3.63, 3.8) is 0 Å². The van der Waals surface area contributed by atoms with Gasteiger partial charge >= 0.3 is 6.18 Å². The maximum Gasteiger partial charge on any atom is 0.426 e. The number of nitrogens with zero attached hydrogens (tertiary/aromatic N) is 2. The van der Waals surface area contributed by atoms with E-state index in [1.807, 2.05) is 6.07 Å². The monoisotopic (exact) mass is 503 g/mol. The zero-order valence-electron chi connectivity index (χ0n) is 19.8. The number of rotatable bonds is 5. The highest BCUT2D eigenvalue weighted by Crippen LogP contribution is 2.40. The summed E-state index contributed by atoms with van der Waals surface area (Å²) in [6.07, 6.45) is -1.87. The van der Waals surface area contributed by atoms with Crippen molar-refractivity contribution in [2.24, 2.45) is 17.8 Å². The molecule has 1 aromatic carbocycles. The molecular weight excluding hydrogens is 471 g/mol. The zero-order valence-corrected chi connectivity index (χ0v) is 20.5. The summed E-state index contributed by atoms with van der Waals surface area (Å²) in [5.41, 5.74) is -1.96. The molecule has 2 N–H and O–H groups in total. The number of carbonyl (C=O) groups excluding carboxylic acids is 2. The summed E-state index contributed by atoms with van der Waals surface area (Å²) in [5.74, 6) is -1.97. The Kier molecular flexibility index (Phi) is 8.07. The van der Waals surface area contributed by atoms with Crippen LogP contribution in [0.25, 0.3) is 0 Å². The van der Waals surface area contributed by atoms with Crippen LogP contribution in [0.15, 0.2) is 18.2 Å². The summed E-state index contributed by atoms with van der Waals surface area (Å²) in [7, 11) is 1.55. The second-order valence-corrected chi connectivity index (χ2v) is 10.0. The SMILES string of the molecule is CNC(=O)c1ccc(N2CCC(C3CCN(C(=O)C(O)(C(C)C)C(F)(F)F)CC3)CC2)cc1Cl. The molecule has 1 aromatic rings. The summed E-state index contributed by atoms with van der Waals surface area (Å²) in [6, 6.07) is 5.40. The van der Waals surface area contributed by atoms with Crippen LogP contribution in [0.4, 0.5) is 18.9 Å². The molecule has 0 spiro atoms. The first-order valence-electron chi connectivity index (χ1n) is 11.7. The highest BCUT2D eigenvalue weighted by molar-refractivity contribution is 6.34. The lowest BCUT2D eigenvalue weighted by molar-refractivity contribution is -0.270. The average Bonchev–Trinajstić information content (AvgIpc) is 2.81. The number of anilines is 1. The fourth-order valence-electron chi connectivity index (χ4n) is 5.16. The summed E-state index contributed by atoms with van der Waals surface area (Å²) in [5, 5.41) is 13.2. The molecule has 2 amide bonds. The number of carbonyl (C=O) groups is 2. The van der Waals surface area contributed by atoms with Gasteiger partial charge in [-0.05, 0) is 55.7 Å². The van der Waals surface area contributed by atoms with E-state index in [2.05, 4.69) is 10.2 Å². The van der Waals surface area contributed by atoms with Crippen LogP contribution in [-0.2, 0) is 4.79 Å². The van der Waals surface area contributed by atoms with Crippen molar-refractivity contribution in [2.45, 2.75) is 51.3 Å². The van der Waals surface area contributed by atoms with E-state index in [-0.39, 0.29) is 19.0 Å². The van der Waals surface area contributed by atoms with Crippen molar-refractivity contribution in [3.8, 4) is 0 Å². The van der Waals surface area contributed by atoms with E-state index >= 15 is 0 Å². The van der Waals surface area contributed by atoms with Gasteiger partial charge in [0.05, 0.1) is 10.6 Å². The third-order valence-corrected chi connectivity index (χ3v) is 7.73. The molecule has 0 aliphatic carbocycles. The van der Waals surface area contributed by atoms with Crippen molar-refractivity contribution in [1.82, 2.24) is 10.2 Å². The van der Waals surface area contributed by atoms with Gasteiger partial charge in [-0.1, -0.05) is 25.4 Å². The molecule has 34 heavy (non-hydrogen) atoms. The molecule has 2 aliphatic heterocycles. The largest absolute Gasteiger partial charge is 0.426 e. The number of nitrogens with one attached hydrogen (secondary N) is 1. The van der Waals surface area contributed by atoms with Crippen LogP contribution in [-0.4, -0.2) is 66.8 Å². The molecule has 2 heterocycles. The Hall–Kier alpha value is -2.00. The number of halogens is 4. The minimum atomic E-state index is -5.01. The van der Waals surface area contributed by atoms with Crippen LogP contribution in [0.1, 0.15) is 49.9 Å². The summed E-state index contributed by atoms with van der Waals surface area (Å²) < 4.78 is 40.4. The van der Waals surface area contributed by atoms with Crippen molar-refractivity contribution >= 4 is 29.1 Å². The second-order valence-electron chi connectivity index (χ2n) is 9.62. The highest BCUT2D eigenvalue weighted by atomic mass is 35.5. The second kappa shape index (κ2) is 10.3. The van der Waals surface area contributed by atoms with E-state index in [0.717, 1.165) is 31.6 Å². The molecule has 3 rings (SSSR count). The van der Waals surface area contributed by atoms with Gasteiger partial charge in [0.25, 0.3) is 11.8 Å². The lowest BCUT2D eigenvalue weighted by atomic mass is 9.78. The zero-order chi connectivity index (χ0) is 25.3. The van der Waals surface area contributed by atoms with Gasteiger partial charge in [-0.25, -0.2) is 0 Å². The van der Waals surface area contributed by atoms with Gasteiger partial charge in [0, 0.05) is 44.8 Å². The Morgan fingerprint density at radius 2 is 1.59 bits per heavy atom. The standard InChI is InChI=1S/C24H33ClF3N3O3/c1-15(2)23(34,24(26,27)28)22(33)31-12-8-17(9-13-31)16-6-10-30(11-7-16)18-4-5-19(20(25)14-18)21(32)29-3/h4-5,14-17,34H,6-13H2,1-3H3,(H,29,32). The van der Waals surface area contributed by atoms with Gasteiger partial charge in [0.1, 0.15) is 0 Å². The van der Waals surface area contributed by atoms with Gasteiger partial charge in [0.2, 0.25) is 5.60 Å². The molecule has 6 nitrogen and oxygen atoms in total. The first kappa shape index (κ1) is 26.6. The molecule has 2 aliphatic rings. The fraction of sp³-hybridized carbons (Fsp3) is 0.667. The topological polar surface area (TPSA) is 72.9 Å². The van der Waals surface area contributed by atoms with Gasteiger partial charge in [-0.15, -0.1) is 0 Å². The Balaban J connectivity index is 1.55. The van der Waals surface area contributed by atoms with Crippen molar-refractivity contribution in [3.05, 3.63) is 28.8 Å². The number of amides is 2. The predicted molar refractivity (Wildman–Crippen MR) is 125 cm³/mol. The van der Waals surface area contributed by atoms with E-state index in [1.165, 1.54) is 18.7 Å². The van der Waals surface area contributed by atoms with E-state index in [1.54, 1.807) is 19.2 Å². The normalized spacial score (nSPS) is 20.4. The molecule has 2 saturated heterocycles. The van der Waals surface area contributed by atoms with E-state index < -0.39 is 23.6 Å². The third kappa shape index (κ3) is 5.15. The lowest BCUT2D eigenvalue weighted by Gasteiger charge is -2.43. The third-order valence-electron chi connectivity index (χ3n) is 7.42. The number of alkyl halides is 3. The number of hydrogen-bond donors (Lipinski definition) is 2. The first-order chi connectivity index (χ1) is 15.9. The van der Waals surface area contributed by atoms with E-state index in [4.69, 9.17) is 11.6 Å². The van der Waals surface area contributed by atoms with Crippen LogP contribution in [0.2, 0.25) is 5.02 Å². The minimum Gasteiger partial charge on any atom is -0.372 e. The van der Waals surface area contributed by atoms with E-state index in [0.29, 0.717) is 35.3 Å². The summed E-state index contributed by atoms with van der Waals surface area (Å²) in [6.45, 7) is 4.52. The molecular formula is C24H33ClF3N3O3. The number of hydrogen-bond acceptors (Lipinski definition) is 4. The Labute approximate surface area is 203 Å². The molecule has 0 bridgehead atoms. The van der Waals surface area contributed by atoms with Crippen LogP contribution < -0.4 is 10.2 Å². The Morgan fingerprint density at radius 3 is 2.03 bits per heavy atom. The number of aliphatic hydroxyl groups is 1. The Bertz CT molecular complexity index is 895. The molecule has 0 aromatic heterocycles. The smallest absolute Gasteiger partial charge is 0.372 e. The van der Waals surface area contributed by atoms with Crippen LogP contribution >= 0.6 is 11.6 Å². The lowest BCUT2D eigenvalue weighted by Crippen LogP contribution is -2.62. The van der Waals surface area contributed by atoms with Crippen LogP contribution in [0.3, 0.4) is 0 Å². The maximum absolute atomic E-state index is 13.5. The van der Waals surface area contributed by atoms with Gasteiger partial charge in [-0.3, -0.25) is 9.59 Å². The van der Waals surface area contributed by atoms with Gasteiger partial charge in [0.15, 0.2) is 0 Å². The average molecular weight is 504 g/mol. The molecule has 1 unspecified atom stereocenters. The number of benzene rings is 1. The Morgan fingerprint density at radius 1 is 1.06 bits per heavy atom. The van der Waals surface area contributed by atoms with Crippen LogP contribution in [0.5, 0.6) is 0 Å². The molecule has 0 radical (unpaired) electrons. The molecule has 0 saturated carbocycles. The van der Waals surface area contributed by atoms with Gasteiger partial charge in [-0.2, -0.15) is 13.2 Å². The van der Waals surface area contributed by atoms with E-state index in [9.17, 15) is 27.9 Å². The highest BCUT2D eigenvalue weighted by Gasteiger charge is 2.62. The quantitative estimate of drug-likeness (QED) is 0.634. The molecule has 1 atom stereocenters. The van der Waals surface area contributed by atoms with Crippen molar-refractivity contribution in [1.29, 1.82) is 0 Å². The van der Waals surface area contributed by atoms with Crippen LogP contribution in [0, 0.1) is 17.8 Å². The fourth-order valence-corrected chi connectivity index (χ4v) is 5.42. The van der Waals surface area contributed by atoms with Gasteiger partial charge < -0.3 is 20.2 Å². The number of piperidine rings is 2. The summed E-state index contributed by atoms with van der Waals surface area (Å²) >= 11 is 6.28.